The van der Waals surface area contributed by atoms with Crippen molar-refractivity contribution in [2.75, 3.05) is 35.6 Å². The molecule has 0 unspecified atom stereocenters. The van der Waals surface area contributed by atoms with Crippen molar-refractivity contribution >= 4 is 28.9 Å². The summed E-state index contributed by atoms with van der Waals surface area (Å²) < 4.78 is 0. The lowest BCUT2D eigenvalue weighted by molar-refractivity contribution is 0.823. The summed E-state index contributed by atoms with van der Waals surface area (Å²) in [5.41, 5.74) is 1.56. The second kappa shape index (κ2) is 9.95. The molecule has 7 heteroatoms. The first kappa shape index (κ1) is 18.3. The van der Waals surface area contributed by atoms with Crippen LogP contribution >= 0.6 is 0 Å². The molecule has 2 aromatic rings. The Labute approximate surface area is 144 Å². The largest absolute Gasteiger partial charge is 0.368 e. The molecule has 0 aliphatic carbocycles. The molecule has 0 saturated heterocycles. The lowest BCUT2D eigenvalue weighted by atomic mass is 10.3. The van der Waals surface area contributed by atoms with E-state index in [-0.39, 0.29) is 0 Å². The molecule has 0 aromatic carbocycles. The molecule has 2 aromatic heterocycles. The van der Waals surface area contributed by atoms with Crippen molar-refractivity contribution in [1.82, 2.24) is 19.9 Å². The van der Waals surface area contributed by atoms with Gasteiger partial charge >= 0.3 is 0 Å². The Kier molecular flexibility index (Phi) is 7.58. The van der Waals surface area contributed by atoms with Gasteiger partial charge in [-0.05, 0) is 19.3 Å². The molecule has 0 radical (unpaired) electrons. The number of nitrogens with one attached hydrogen (secondary N) is 4. The van der Waals surface area contributed by atoms with Crippen LogP contribution in [0.25, 0.3) is 11.2 Å². The molecule has 0 spiro atoms. The number of anilines is 3. The van der Waals surface area contributed by atoms with Crippen LogP contribution in [0.5, 0.6) is 0 Å². The second-order valence-corrected chi connectivity index (χ2v) is 6.02. The average Bonchev–Trinajstić information content (AvgIpc) is 2.98. The van der Waals surface area contributed by atoms with E-state index in [1.54, 1.807) is 0 Å². The van der Waals surface area contributed by atoms with E-state index in [4.69, 9.17) is 0 Å². The van der Waals surface area contributed by atoms with E-state index in [2.05, 4.69) is 56.7 Å². The number of unbranched alkanes of at least 4 members (excludes halogenated alkanes) is 3. The van der Waals surface area contributed by atoms with E-state index >= 15 is 0 Å². The number of rotatable bonds is 12. The van der Waals surface area contributed by atoms with Crippen LogP contribution < -0.4 is 16.0 Å². The second-order valence-electron chi connectivity index (χ2n) is 6.02. The minimum atomic E-state index is 0.640. The van der Waals surface area contributed by atoms with Crippen LogP contribution in [-0.2, 0) is 0 Å². The number of aromatic nitrogens is 4. The van der Waals surface area contributed by atoms with Crippen molar-refractivity contribution in [3.05, 3.63) is 0 Å². The third-order valence-electron chi connectivity index (χ3n) is 3.81. The van der Waals surface area contributed by atoms with E-state index in [0.717, 1.165) is 75.4 Å². The monoisotopic (exact) mass is 333 g/mol. The van der Waals surface area contributed by atoms with E-state index < -0.39 is 0 Å². The number of nitrogens with zero attached hydrogens (tertiary/aromatic N) is 3. The summed E-state index contributed by atoms with van der Waals surface area (Å²) in [6.07, 6.45) is 6.78. The highest BCUT2D eigenvalue weighted by Gasteiger charge is 2.12. The summed E-state index contributed by atoms with van der Waals surface area (Å²) in [6, 6.07) is 0. The molecule has 7 nitrogen and oxygen atoms in total. The fourth-order valence-corrected chi connectivity index (χ4v) is 2.33. The zero-order valence-electron chi connectivity index (χ0n) is 15.2. The van der Waals surface area contributed by atoms with Crippen LogP contribution in [0.1, 0.15) is 59.3 Å². The molecule has 0 aliphatic heterocycles. The first-order valence-corrected chi connectivity index (χ1v) is 9.27. The van der Waals surface area contributed by atoms with Gasteiger partial charge in [-0.2, -0.15) is 15.0 Å². The van der Waals surface area contributed by atoms with Crippen molar-refractivity contribution in [2.24, 2.45) is 0 Å². The van der Waals surface area contributed by atoms with Crippen LogP contribution in [0, 0.1) is 0 Å². The van der Waals surface area contributed by atoms with E-state index in [1.165, 1.54) is 0 Å². The van der Waals surface area contributed by atoms with Gasteiger partial charge in [-0.15, -0.1) is 0 Å². The normalized spacial score (nSPS) is 11.0. The zero-order chi connectivity index (χ0) is 17.2. The van der Waals surface area contributed by atoms with Crippen molar-refractivity contribution < 1.29 is 0 Å². The maximum absolute atomic E-state index is 4.62. The lowest BCUT2D eigenvalue weighted by Gasteiger charge is -2.08. The Balaban J connectivity index is 2.19. The standard InChI is InChI=1S/C17H31N7/c1-4-7-10-18-14-13-15(23-16(21-13)19-11-8-5-2)24-17(22-14)20-12-9-6-3/h4-12H2,1-3H3,(H4,18,19,20,21,22,23,24). The molecular weight excluding hydrogens is 302 g/mol. The van der Waals surface area contributed by atoms with Gasteiger partial charge < -0.3 is 20.9 Å². The molecule has 24 heavy (non-hydrogen) atoms. The molecular formula is C17H31N7. The molecule has 134 valence electrons. The quantitative estimate of drug-likeness (QED) is 0.439. The molecule has 2 heterocycles. The van der Waals surface area contributed by atoms with Gasteiger partial charge in [-0.3, -0.25) is 0 Å². The van der Waals surface area contributed by atoms with Gasteiger partial charge in [0.2, 0.25) is 11.9 Å². The third-order valence-corrected chi connectivity index (χ3v) is 3.81. The van der Waals surface area contributed by atoms with Crippen molar-refractivity contribution in [3.63, 3.8) is 0 Å². The van der Waals surface area contributed by atoms with Crippen molar-refractivity contribution in [2.45, 2.75) is 59.3 Å². The van der Waals surface area contributed by atoms with Gasteiger partial charge in [0, 0.05) is 19.6 Å². The minimum Gasteiger partial charge on any atom is -0.368 e. The zero-order valence-corrected chi connectivity index (χ0v) is 15.2. The molecule has 0 fully saturated rings. The van der Waals surface area contributed by atoms with Gasteiger partial charge in [0.25, 0.3) is 0 Å². The summed E-state index contributed by atoms with van der Waals surface area (Å²) in [5, 5.41) is 10.0. The van der Waals surface area contributed by atoms with Crippen LogP contribution in [-0.4, -0.2) is 39.6 Å². The van der Waals surface area contributed by atoms with Crippen LogP contribution in [0.15, 0.2) is 0 Å². The lowest BCUT2D eigenvalue weighted by Crippen LogP contribution is -2.09. The number of hydrogen-bond acceptors (Lipinski definition) is 6. The van der Waals surface area contributed by atoms with Crippen molar-refractivity contribution in [1.29, 1.82) is 0 Å². The SMILES string of the molecule is CCCCNc1nc(NCCCC)c2[nH]c(NCCCC)nc2n1. The highest BCUT2D eigenvalue weighted by molar-refractivity contribution is 5.85. The number of hydrogen-bond donors (Lipinski definition) is 4. The first-order valence-electron chi connectivity index (χ1n) is 9.27. The summed E-state index contributed by atoms with van der Waals surface area (Å²) >= 11 is 0. The molecule has 0 bridgehead atoms. The first-order chi connectivity index (χ1) is 11.8. The topological polar surface area (TPSA) is 90.5 Å². The summed E-state index contributed by atoms with van der Waals surface area (Å²) in [6.45, 7) is 9.21. The summed E-state index contributed by atoms with van der Waals surface area (Å²) in [5.74, 6) is 2.22. The fraction of sp³-hybridized carbons (Fsp3) is 0.706. The maximum atomic E-state index is 4.62. The fourth-order valence-electron chi connectivity index (χ4n) is 2.33. The Morgan fingerprint density at radius 3 is 2.04 bits per heavy atom. The van der Waals surface area contributed by atoms with Gasteiger partial charge in [0.15, 0.2) is 11.5 Å². The highest BCUT2D eigenvalue weighted by atomic mass is 15.2. The number of aromatic amines is 1. The van der Waals surface area contributed by atoms with Crippen LogP contribution in [0.3, 0.4) is 0 Å². The van der Waals surface area contributed by atoms with Gasteiger partial charge in [0.05, 0.1) is 0 Å². The van der Waals surface area contributed by atoms with Crippen LogP contribution in [0.4, 0.5) is 17.7 Å². The molecule has 0 saturated carbocycles. The minimum absolute atomic E-state index is 0.640. The Bertz CT molecular complexity index is 608. The molecule has 0 amide bonds. The van der Waals surface area contributed by atoms with Crippen LogP contribution in [0.2, 0.25) is 0 Å². The van der Waals surface area contributed by atoms with Gasteiger partial charge in [-0.1, -0.05) is 40.0 Å². The Morgan fingerprint density at radius 1 is 0.750 bits per heavy atom. The predicted molar refractivity (Wildman–Crippen MR) is 102 cm³/mol. The molecule has 2 rings (SSSR count). The molecule has 4 N–H and O–H groups in total. The van der Waals surface area contributed by atoms with Gasteiger partial charge in [-0.25, -0.2) is 0 Å². The van der Waals surface area contributed by atoms with Crippen molar-refractivity contribution in [3.8, 4) is 0 Å². The number of H-pyrrole nitrogens is 1. The molecule has 0 atom stereocenters. The summed E-state index contributed by atoms with van der Waals surface area (Å²) in [7, 11) is 0. The van der Waals surface area contributed by atoms with E-state index in [1.807, 2.05) is 0 Å². The predicted octanol–water partition coefficient (Wildman–Crippen LogP) is 3.99. The summed E-state index contributed by atoms with van der Waals surface area (Å²) in [4.78, 5) is 17.0. The average molecular weight is 333 g/mol. The Hall–Kier alpha value is -2.05. The number of imidazole rings is 1. The molecule has 0 aliphatic rings. The van der Waals surface area contributed by atoms with E-state index in [9.17, 15) is 0 Å². The maximum Gasteiger partial charge on any atom is 0.226 e. The number of fused-ring (bicyclic) bond motifs is 1. The third kappa shape index (κ3) is 5.25. The van der Waals surface area contributed by atoms with Gasteiger partial charge in [0.1, 0.15) is 5.52 Å². The highest BCUT2D eigenvalue weighted by Crippen LogP contribution is 2.22. The smallest absolute Gasteiger partial charge is 0.226 e. The van der Waals surface area contributed by atoms with E-state index in [0.29, 0.717) is 11.6 Å². The Morgan fingerprint density at radius 2 is 1.38 bits per heavy atom.